The monoisotopic (exact) mass is 533 g/mol. The van der Waals surface area contributed by atoms with Crippen LogP contribution in [0, 0.1) is 11.3 Å². The predicted molar refractivity (Wildman–Crippen MR) is 134 cm³/mol. The molecule has 3 heterocycles. The second kappa shape index (κ2) is 11.4. The van der Waals surface area contributed by atoms with Crippen molar-refractivity contribution >= 4 is 11.9 Å². The van der Waals surface area contributed by atoms with Gasteiger partial charge < -0.3 is 14.8 Å². The van der Waals surface area contributed by atoms with Crippen molar-refractivity contribution in [3.8, 4) is 0 Å². The summed E-state index contributed by atoms with van der Waals surface area (Å²) >= 11 is 0. The molecule has 1 aromatic carbocycles. The number of ether oxygens (including phenoxy) is 2. The molecule has 10 heteroatoms. The van der Waals surface area contributed by atoms with Gasteiger partial charge >= 0.3 is 12.1 Å². The number of pyridine rings is 1. The van der Waals surface area contributed by atoms with Crippen LogP contribution in [0.15, 0.2) is 36.5 Å². The van der Waals surface area contributed by atoms with Crippen LogP contribution < -0.4 is 5.32 Å². The van der Waals surface area contributed by atoms with E-state index in [1.165, 1.54) is 19.2 Å². The first-order valence-electron chi connectivity index (χ1n) is 12.8. The molecule has 2 aliphatic heterocycles. The molecule has 1 atom stereocenters. The molecule has 0 spiro atoms. The van der Waals surface area contributed by atoms with E-state index in [0.717, 1.165) is 29.0 Å². The van der Waals surface area contributed by atoms with E-state index < -0.39 is 17.2 Å². The Morgan fingerprint density at radius 3 is 2.50 bits per heavy atom. The average molecular weight is 534 g/mol. The average Bonchev–Trinajstić information content (AvgIpc) is 3.24. The number of methoxy groups -OCH3 is 1. The van der Waals surface area contributed by atoms with Crippen LogP contribution in [0.3, 0.4) is 0 Å². The minimum atomic E-state index is -4.37. The first-order valence-corrected chi connectivity index (χ1v) is 12.8. The molecule has 1 fully saturated rings. The van der Waals surface area contributed by atoms with Gasteiger partial charge in [0.2, 0.25) is 0 Å². The molecule has 0 unspecified atom stereocenters. The molecular formula is C28H34F3N3O4. The third kappa shape index (κ3) is 6.35. The second-order valence-corrected chi connectivity index (χ2v) is 10.6. The standard InChI is InChI=1S/C28H34F3N3O4/c1-18(2)25-24-21(16-34(25)15-19-4-6-22(7-5-19)28(29,30)31)12-20(14-32-24)26(36)33-17-27(13-23(35)37-3)8-10-38-11-9-27/h4-7,12,14,18,25H,8-11,13,15-17H2,1-3H3,(H,33,36)/t25-/m0/s1. The summed E-state index contributed by atoms with van der Waals surface area (Å²) in [4.78, 5) is 31.9. The Morgan fingerprint density at radius 1 is 1.21 bits per heavy atom. The van der Waals surface area contributed by atoms with Crippen LogP contribution in [-0.2, 0) is 33.5 Å². The fourth-order valence-corrected chi connectivity index (χ4v) is 5.42. The molecule has 2 aromatic rings. The normalized spacial score (nSPS) is 19.3. The lowest BCUT2D eigenvalue weighted by molar-refractivity contribution is -0.145. The second-order valence-electron chi connectivity index (χ2n) is 10.6. The summed E-state index contributed by atoms with van der Waals surface area (Å²) < 4.78 is 49.2. The summed E-state index contributed by atoms with van der Waals surface area (Å²) in [6.45, 7) is 6.55. The number of nitrogens with one attached hydrogen (secondary N) is 1. The number of carbonyl (C=O) groups excluding carboxylic acids is 2. The van der Waals surface area contributed by atoms with E-state index in [-0.39, 0.29) is 30.3 Å². The zero-order valence-electron chi connectivity index (χ0n) is 21.9. The molecule has 1 saturated heterocycles. The maximum Gasteiger partial charge on any atom is 0.416 e. The first-order chi connectivity index (χ1) is 18.0. The number of halogens is 3. The van der Waals surface area contributed by atoms with Crippen molar-refractivity contribution in [3.63, 3.8) is 0 Å². The van der Waals surface area contributed by atoms with Gasteiger partial charge in [-0.15, -0.1) is 0 Å². The number of hydrogen-bond donors (Lipinski definition) is 1. The number of nitrogens with zero attached hydrogens (tertiary/aromatic N) is 2. The van der Waals surface area contributed by atoms with Gasteiger partial charge in [-0.05, 0) is 48.1 Å². The Balaban J connectivity index is 1.46. The number of carbonyl (C=O) groups is 2. The van der Waals surface area contributed by atoms with Gasteiger partial charge in [0.15, 0.2) is 0 Å². The van der Waals surface area contributed by atoms with Gasteiger partial charge in [0.05, 0.1) is 36.4 Å². The Morgan fingerprint density at radius 2 is 1.89 bits per heavy atom. The highest BCUT2D eigenvalue weighted by Gasteiger charge is 2.37. The number of benzene rings is 1. The number of alkyl halides is 3. The molecule has 1 aromatic heterocycles. The minimum Gasteiger partial charge on any atom is -0.469 e. The fourth-order valence-electron chi connectivity index (χ4n) is 5.42. The van der Waals surface area contributed by atoms with Crippen molar-refractivity contribution in [1.29, 1.82) is 0 Å². The zero-order chi connectivity index (χ0) is 27.5. The summed E-state index contributed by atoms with van der Waals surface area (Å²) in [5, 5.41) is 2.98. The van der Waals surface area contributed by atoms with E-state index in [4.69, 9.17) is 9.47 Å². The number of aromatic nitrogens is 1. The van der Waals surface area contributed by atoms with Gasteiger partial charge in [0, 0.05) is 44.5 Å². The molecule has 0 aliphatic carbocycles. The lowest BCUT2D eigenvalue weighted by Gasteiger charge is -2.36. The van der Waals surface area contributed by atoms with Crippen LogP contribution in [0.2, 0.25) is 0 Å². The zero-order valence-corrected chi connectivity index (χ0v) is 21.9. The molecule has 2 aliphatic rings. The lowest BCUT2D eigenvalue weighted by atomic mass is 9.77. The quantitative estimate of drug-likeness (QED) is 0.486. The lowest BCUT2D eigenvalue weighted by Crippen LogP contribution is -2.43. The van der Waals surface area contributed by atoms with Crippen LogP contribution in [0.1, 0.15) is 71.9 Å². The Labute approximate surface area is 220 Å². The van der Waals surface area contributed by atoms with E-state index in [9.17, 15) is 22.8 Å². The van der Waals surface area contributed by atoms with Crippen LogP contribution >= 0.6 is 0 Å². The fraction of sp³-hybridized carbons (Fsp3) is 0.536. The van der Waals surface area contributed by atoms with Crippen LogP contribution in [0.4, 0.5) is 13.2 Å². The third-order valence-electron chi connectivity index (χ3n) is 7.53. The molecular weight excluding hydrogens is 499 g/mol. The van der Waals surface area contributed by atoms with Crippen LogP contribution in [0.25, 0.3) is 0 Å². The van der Waals surface area contributed by atoms with Gasteiger partial charge in [0.1, 0.15) is 0 Å². The largest absolute Gasteiger partial charge is 0.469 e. The topological polar surface area (TPSA) is 80.8 Å². The van der Waals surface area contributed by atoms with Gasteiger partial charge in [-0.1, -0.05) is 26.0 Å². The number of esters is 1. The molecule has 0 saturated carbocycles. The van der Waals surface area contributed by atoms with Crippen molar-refractivity contribution in [3.05, 3.63) is 64.5 Å². The molecule has 206 valence electrons. The highest BCUT2D eigenvalue weighted by atomic mass is 19.4. The van der Waals surface area contributed by atoms with E-state index in [2.05, 4.69) is 29.0 Å². The summed E-state index contributed by atoms with van der Waals surface area (Å²) in [6.07, 6.45) is -1.28. The third-order valence-corrected chi connectivity index (χ3v) is 7.53. The molecule has 38 heavy (non-hydrogen) atoms. The number of hydrogen-bond acceptors (Lipinski definition) is 6. The van der Waals surface area contributed by atoms with E-state index >= 15 is 0 Å². The van der Waals surface area contributed by atoms with Crippen molar-refractivity contribution in [1.82, 2.24) is 15.2 Å². The molecule has 1 amide bonds. The first kappa shape index (κ1) is 28.0. The van der Waals surface area contributed by atoms with Crippen LogP contribution in [-0.4, -0.2) is 48.6 Å². The smallest absolute Gasteiger partial charge is 0.416 e. The minimum absolute atomic E-state index is 0.0185. The maximum atomic E-state index is 13.1. The van der Waals surface area contributed by atoms with Gasteiger partial charge in [-0.3, -0.25) is 19.5 Å². The van der Waals surface area contributed by atoms with Gasteiger partial charge in [0.25, 0.3) is 5.91 Å². The van der Waals surface area contributed by atoms with E-state index in [1.54, 1.807) is 6.20 Å². The summed E-state index contributed by atoms with van der Waals surface area (Å²) in [7, 11) is 1.36. The van der Waals surface area contributed by atoms with Crippen molar-refractivity contribution in [2.24, 2.45) is 11.3 Å². The van der Waals surface area contributed by atoms with Crippen molar-refractivity contribution in [2.45, 2.75) is 58.4 Å². The summed E-state index contributed by atoms with van der Waals surface area (Å²) in [5.41, 5.74) is 1.95. The highest BCUT2D eigenvalue weighted by Crippen LogP contribution is 2.39. The summed E-state index contributed by atoms with van der Waals surface area (Å²) in [6, 6.07) is 7.06. The Bertz CT molecular complexity index is 1150. The van der Waals surface area contributed by atoms with Crippen LogP contribution in [0.5, 0.6) is 0 Å². The predicted octanol–water partition coefficient (Wildman–Crippen LogP) is 4.90. The Hall–Kier alpha value is -2.98. The van der Waals surface area contributed by atoms with Crippen molar-refractivity contribution in [2.75, 3.05) is 26.9 Å². The van der Waals surface area contributed by atoms with Gasteiger partial charge in [-0.25, -0.2) is 0 Å². The molecule has 4 rings (SSSR count). The summed E-state index contributed by atoms with van der Waals surface area (Å²) in [5.74, 6) is -0.365. The number of fused-ring (bicyclic) bond motifs is 1. The number of amides is 1. The number of rotatable bonds is 8. The van der Waals surface area contributed by atoms with Gasteiger partial charge in [-0.2, -0.15) is 13.2 Å². The van der Waals surface area contributed by atoms with E-state index in [1.807, 2.05) is 6.07 Å². The molecule has 1 N–H and O–H groups in total. The maximum absolute atomic E-state index is 13.1. The van der Waals surface area contributed by atoms with E-state index in [0.29, 0.717) is 51.3 Å². The Kier molecular flexibility index (Phi) is 8.42. The molecule has 7 nitrogen and oxygen atoms in total. The SMILES string of the molecule is COC(=O)CC1(CNC(=O)c2cnc3c(c2)CN(Cc2ccc(C(F)(F)F)cc2)[C@H]3C(C)C)CCOCC1. The molecule has 0 radical (unpaired) electrons. The highest BCUT2D eigenvalue weighted by molar-refractivity contribution is 5.94. The van der Waals surface area contributed by atoms with Crippen molar-refractivity contribution < 1.29 is 32.2 Å². The molecule has 0 bridgehead atoms.